The van der Waals surface area contributed by atoms with Crippen LogP contribution in [0.2, 0.25) is 5.02 Å². The zero-order valence-electron chi connectivity index (χ0n) is 14.0. The first kappa shape index (κ1) is 18.4. The Balaban J connectivity index is 1.89. The van der Waals surface area contributed by atoms with E-state index in [1.54, 1.807) is 12.1 Å². The lowest BCUT2D eigenvalue weighted by atomic mass is 10.1. The zero-order chi connectivity index (χ0) is 18.9. The molecule has 1 aromatic carbocycles. The van der Waals surface area contributed by atoms with E-state index in [1.807, 2.05) is 31.1 Å². The number of hydrogen-bond acceptors (Lipinski definition) is 5. The summed E-state index contributed by atoms with van der Waals surface area (Å²) in [7, 11) is 3.78. The van der Waals surface area contributed by atoms with Crippen molar-refractivity contribution in [1.29, 1.82) is 0 Å². The molecule has 3 aromatic rings. The highest BCUT2D eigenvalue weighted by atomic mass is 35.5. The van der Waals surface area contributed by atoms with Crippen LogP contribution >= 0.6 is 11.6 Å². The molecule has 0 aliphatic heterocycles. The first-order chi connectivity index (χ1) is 12.3. The van der Waals surface area contributed by atoms with Crippen molar-refractivity contribution in [3.05, 3.63) is 52.9 Å². The number of hydrogen-bond donors (Lipinski definition) is 1. The Morgan fingerprint density at radius 3 is 2.54 bits per heavy atom. The fraction of sp³-hybridized carbons (Fsp3) is 0.312. The summed E-state index contributed by atoms with van der Waals surface area (Å²) in [6.45, 7) is 0.352. The number of fused-ring (bicyclic) bond motifs is 1. The van der Waals surface area contributed by atoms with Gasteiger partial charge in [0.1, 0.15) is 12.1 Å². The van der Waals surface area contributed by atoms with E-state index in [9.17, 15) is 13.2 Å². The lowest BCUT2D eigenvalue weighted by molar-refractivity contribution is -0.141. The number of benzene rings is 1. The lowest BCUT2D eigenvalue weighted by Gasteiger charge is -2.25. The third-order valence-electron chi connectivity index (χ3n) is 3.90. The Labute approximate surface area is 152 Å². The SMILES string of the molecule is CN(C)C(CNc1cc(C(F)(F)F)nc2ncnn12)c1ccc(Cl)cc1. The molecule has 0 spiro atoms. The molecule has 138 valence electrons. The molecule has 0 fully saturated rings. The molecule has 0 bridgehead atoms. The van der Waals surface area contributed by atoms with Gasteiger partial charge in [-0.3, -0.25) is 0 Å². The molecule has 0 saturated heterocycles. The van der Waals surface area contributed by atoms with Gasteiger partial charge in [-0.15, -0.1) is 0 Å². The third kappa shape index (κ3) is 3.88. The lowest BCUT2D eigenvalue weighted by Crippen LogP contribution is -2.27. The van der Waals surface area contributed by atoms with Crippen LogP contribution in [0.25, 0.3) is 5.78 Å². The number of nitrogens with zero attached hydrogens (tertiary/aromatic N) is 5. The van der Waals surface area contributed by atoms with Crippen LogP contribution in [0, 0.1) is 0 Å². The number of alkyl halides is 3. The summed E-state index contributed by atoms with van der Waals surface area (Å²) in [5, 5.41) is 7.58. The van der Waals surface area contributed by atoms with E-state index in [1.165, 1.54) is 4.52 Å². The highest BCUT2D eigenvalue weighted by Gasteiger charge is 2.34. The summed E-state index contributed by atoms with van der Waals surface area (Å²) in [6.07, 6.45) is -3.41. The Hall–Kier alpha value is -2.39. The molecule has 1 unspecified atom stereocenters. The first-order valence-corrected chi connectivity index (χ1v) is 8.07. The maximum Gasteiger partial charge on any atom is 0.433 e. The fourth-order valence-corrected chi connectivity index (χ4v) is 2.69. The molecule has 2 heterocycles. The normalized spacial score (nSPS) is 13.3. The number of rotatable bonds is 5. The fourth-order valence-electron chi connectivity index (χ4n) is 2.57. The Kier molecular flexibility index (Phi) is 5.01. The van der Waals surface area contributed by atoms with Gasteiger partial charge in [0.25, 0.3) is 5.78 Å². The number of aromatic nitrogens is 4. The van der Waals surface area contributed by atoms with Gasteiger partial charge in [0.05, 0.1) is 6.04 Å². The molecule has 0 aliphatic carbocycles. The molecule has 1 atom stereocenters. The first-order valence-electron chi connectivity index (χ1n) is 7.69. The minimum Gasteiger partial charge on any atom is -0.368 e. The van der Waals surface area contributed by atoms with Gasteiger partial charge in [0, 0.05) is 17.6 Å². The van der Waals surface area contributed by atoms with Gasteiger partial charge in [-0.2, -0.15) is 27.8 Å². The van der Waals surface area contributed by atoms with Crippen molar-refractivity contribution in [2.75, 3.05) is 26.0 Å². The maximum absolute atomic E-state index is 13.1. The number of likely N-dealkylation sites (N-methyl/N-ethyl adjacent to an activating group) is 1. The molecular weight excluding hydrogens is 369 g/mol. The summed E-state index contributed by atoms with van der Waals surface area (Å²) in [4.78, 5) is 9.21. The van der Waals surface area contributed by atoms with Crippen LogP contribution in [-0.4, -0.2) is 45.1 Å². The molecular formula is C16H16ClF3N6. The van der Waals surface area contributed by atoms with Crippen LogP contribution < -0.4 is 5.32 Å². The molecule has 0 aliphatic rings. The molecule has 0 saturated carbocycles. The molecule has 0 amide bonds. The van der Waals surface area contributed by atoms with Gasteiger partial charge in [0.15, 0.2) is 5.69 Å². The second-order valence-electron chi connectivity index (χ2n) is 5.91. The van der Waals surface area contributed by atoms with Crippen molar-refractivity contribution >= 4 is 23.2 Å². The van der Waals surface area contributed by atoms with Crippen LogP contribution in [0.15, 0.2) is 36.7 Å². The average molecular weight is 385 g/mol. The van der Waals surface area contributed by atoms with E-state index < -0.39 is 11.9 Å². The minimum absolute atomic E-state index is 0.0895. The van der Waals surface area contributed by atoms with E-state index in [0.717, 1.165) is 18.0 Å². The molecule has 0 radical (unpaired) electrons. The van der Waals surface area contributed by atoms with Gasteiger partial charge >= 0.3 is 6.18 Å². The van der Waals surface area contributed by atoms with Crippen LogP contribution in [0.4, 0.5) is 19.0 Å². The number of halogens is 4. The van der Waals surface area contributed by atoms with Crippen molar-refractivity contribution < 1.29 is 13.2 Å². The smallest absolute Gasteiger partial charge is 0.368 e. The highest BCUT2D eigenvalue weighted by Crippen LogP contribution is 2.30. The van der Waals surface area contributed by atoms with E-state index in [2.05, 4.69) is 20.4 Å². The van der Waals surface area contributed by atoms with Crippen LogP contribution in [0.3, 0.4) is 0 Å². The standard InChI is InChI=1S/C16H16ClF3N6/c1-25(2)12(10-3-5-11(17)6-4-10)8-21-14-7-13(16(18,19)20)24-15-22-9-23-26(14)15/h3-7,9,12,21H,8H2,1-2H3. The molecule has 2 aromatic heterocycles. The van der Waals surface area contributed by atoms with Gasteiger partial charge in [0.2, 0.25) is 0 Å². The van der Waals surface area contributed by atoms with Crippen LogP contribution in [-0.2, 0) is 6.18 Å². The van der Waals surface area contributed by atoms with Crippen molar-refractivity contribution in [2.24, 2.45) is 0 Å². The van der Waals surface area contributed by atoms with E-state index in [-0.39, 0.29) is 17.6 Å². The summed E-state index contributed by atoms with van der Waals surface area (Å²) in [5.74, 6) is 0.0517. The van der Waals surface area contributed by atoms with E-state index >= 15 is 0 Å². The average Bonchev–Trinajstić information content (AvgIpc) is 3.04. The maximum atomic E-state index is 13.1. The molecule has 10 heteroatoms. The quantitative estimate of drug-likeness (QED) is 0.729. The minimum atomic E-state index is -4.57. The van der Waals surface area contributed by atoms with Gasteiger partial charge in [-0.05, 0) is 31.8 Å². The molecule has 6 nitrogen and oxygen atoms in total. The predicted molar refractivity (Wildman–Crippen MR) is 92.2 cm³/mol. The van der Waals surface area contributed by atoms with Crippen LogP contribution in [0.5, 0.6) is 0 Å². The van der Waals surface area contributed by atoms with E-state index in [0.29, 0.717) is 11.6 Å². The van der Waals surface area contributed by atoms with Gasteiger partial charge < -0.3 is 10.2 Å². The molecule has 3 rings (SSSR count). The number of anilines is 1. The highest BCUT2D eigenvalue weighted by molar-refractivity contribution is 6.30. The Morgan fingerprint density at radius 1 is 1.23 bits per heavy atom. The van der Waals surface area contributed by atoms with Crippen molar-refractivity contribution in [2.45, 2.75) is 12.2 Å². The second-order valence-corrected chi connectivity index (χ2v) is 6.34. The topological polar surface area (TPSA) is 58.3 Å². The van der Waals surface area contributed by atoms with Gasteiger partial charge in [-0.1, -0.05) is 23.7 Å². The largest absolute Gasteiger partial charge is 0.433 e. The zero-order valence-corrected chi connectivity index (χ0v) is 14.8. The van der Waals surface area contributed by atoms with Crippen molar-refractivity contribution in [1.82, 2.24) is 24.5 Å². The summed E-state index contributed by atoms with van der Waals surface area (Å²) >= 11 is 5.92. The predicted octanol–water partition coefficient (Wildman–Crippen LogP) is 3.51. The summed E-state index contributed by atoms with van der Waals surface area (Å²) in [5.41, 5.74) is -0.0415. The van der Waals surface area contributed by atoms with Crippen molar-refractivity contribution in [3.8, 4) is 0 Å². The summed E-state index contributed by atoms with van der Waals surface area (Å²) < 4.78 is 40.4. The molecule has 1 N–H and O–H groups in total. The van der Waals surface area contributed by atoms with Crippen molar-refractivity contribution in [3.63, 3.8) is 0 Å². The number of nitrogens with one attached hydrogen (secondary N) is 1. The van der Waals surface area contributed by atoms with Gasteiger partial charge in [-0.25, -0.2) is 4.98 Å². The Bertz CT molecular complexity index is 891. The Morgan fingerprint density at radius 2 is 1.92 bits per heavy atom. The third-order valence-corrected chi connectivity index (χ3v) is 4.15. The monoisotopic (exact) mass is 384 g/mol. The molecule has 26 heavy (non-hydrogen) atoms. The van der Waals surface area contributed by atoms with Crippen LogP contribution in [0.1, 0.15) is 17.3 Å². The second kappa shape index (κ2) is 7.08. The van der Waals surface area contributed by atoms with E-state index in [4.69, 9.17) is 11.6 Å². The summed E-state index contributed by atoms with van der Waals surface area (Å²) in [6, 6.07) is 8.15.